The Bertz CT molecular complexity index is 2620. The number of nitrogens with zero attached hydrogens (tertiary/aromatic N) is 5. The molecule has 10 rings (SSSR count). The van der Waals surface area contributed by atoms with Crippen molar-refractivity contribution in [2.45, 2.75) is 22.9 Å². The van der Waals surface area contributed by atoms with Crippen molar-refractivity contribution in [3.8, 4) is 28.5 Å². The lowest BCUT2D eigenvalue weighted by molar-refractivity contribution is 0.890. The van der Waals surface area contributed by atoms with Gasteiger partial charge in [-0.1, -0.05) is 92.0 Å². The summed E-state index contributed by atoms with van der Waals surface area (Å²) in [6.45, 7) is 4.92. The highest BCUT2D eigenvalue weighted by atomic mass is 32.3. The molecule has 268 valence electrons. The normalized spacial score (nSPS) is 15.3. The van der Waals surface area contributed by atoms with Gasteiger partial charge in [0.05, 0.1) is 17.1 Å². The Morgan fingerprint density at radius 2 is 0.873 bits per heavy atom. The fourth-order valence-corrected chi connectivity index (χ4v) is 13.9. The van der Waals surface area contributed by atoms with E-state index in [0.29, 0.717) is 5.82 Å². The fourth-order valence-electron chi connectivity index (χ4n) is 8.51. The van der Waals surface area contributed by atoms with E-state index in [2.05, 4.69) is 193 Å². The van der Waals surface area contributed by atoms with E-state index < -0.39 is 18.1 Å². The van der Waals surface area contributed by atoms with Gasteiger partial charge >= 0.3 is 0 Å². The third-order valence-corrected chi connectivity index (χ3v) is 17.8. The lowest BCUT2D eigenvalue weighted by Crippen LogP contribution is -2.58. The van der Waals surface area contributed by atoms with E-state index in [1.165, 1.54) is 42.9 Å². The molecule has 0 radical (unpaired) electrons. The molecular formula is C48H41N5SSi. The first-order valence-electron chi connectivity index (χ1n) is 18.7. The molecule has 2 aliphatic heterocycles. The van der Waals surface area contributed by atoms with Gasteiger partial charge in [-0.25, -0.2) is 9.67 Å². The zero-order valence-electron chi connectivity index (χ0n) is 31.4. The monoisotopic (exact) mass is 747 g/mol. The summed E-state index contributed by atoms with van der Waals surface area (Å²) in [6.07, 6.45) is 4.80. The molecule has 3 heterocycles. The third-order valence-electron chi connectivity index (χ3n) is 11.3. The van der Waals surface area contributed by atoms with Gasteiger partial charge in [-0.2, -0.15) is 10.0 Å². The van der Waals surface area contributed by atoms with Crippen molar-refractivity contribution >= 4 is 62.6 Å². The summed E-state index contributed by atoms with van der Waals surface area (Å²) < 4.78 is 1.97. The number of fused-ring (bicyclic) bond motifs is 4. The molecule has 1 aromatic heterocycles. The molecular weight excluding hydrogens is 707 g/mol. The maximum absolute atomic E-state index is 5.23. The van der Waals surface area contributed by atoms with E-state index in [9.17, 15) is 0 Å². The van der Waals surface area contributed by atoms with Crippen LogP contribution in [0.4, 0.5) is 34.1 Å². The molecule has 0 aliphatic carbocycles. The Kier molecular flexibility index (Phi) is 7.73. The summed E-state index contributed by atoms with van der Waals surface area (Å²) in [4.78, 5) is 12.8. The van der Waals surface area contributed by atoms with E-state index >= 15 is 0 Å². The van der Waals surface area contributed by atoms with Crippen LogP contribution in [0, 0.1) is 0 Å². The van der Waals surface area contributed by atoms with Crippen LogP contribution < -0.4 is 20.2 Å². The second-order valence-electron chi connectivity index (χ2n) is 15.2. The predicted molar refractivity (Wildman–Crippen MR) is 234 cm³/mol. The molecule has 0 fully saturated rings. The standard InChI is InChI=1S/C48H41N5SSi/c1-54(2)43-22-12-8-18-39(43)51(40-19-9-13-23-44(40)54)36-30-26-34(27-31-36)47-49-48(53(50-47)38-16-6-5-7-17-38)35-28-32-37(33-29-35)52-41-20-10-14-24-45(41)55(3,4)46-25-15-11-21-42(46)52/h5-33H,1-4H3. The summed E-state index contributed by atoms with van der Waals surface area (Å²) in [5.41, 5.74) is 10.2. The number of hydrogen-bond donors (Lipinski definition) is 0. The Morgan fingerprint density at radius 3 is 1.42 bits per heavy atom. The van der Waals surface area contributed by atoms with Crippen molar-refractivity contribution in [1.82, 2.24) is 14.8 Å². The maximum Gasteiger partial charge on any atom is 0.182 e. The molecule has 0 saturated heterocycles. The lowest BCUT2D eigenvalue weighted by Gasteiger charge is -2.45. The minimum absolute atomic E-state index is 0.686. The Morgan fingerprint density at radius 1 is 0.436 bits per heavy atom. The molecule has 0 atom stereocenters. The molecule has 8 aromatic rings. The average molecular weight is 748 g/mol. The van der Waals surface area contributed by atoms with E-state index in [1.807, 2.05) is 22.9 Å². The fraction of sp³-hybridized carbons (Fsp3) is 0.0833. The number of hydrogen-bond acceptors (Lipinski definition) is 4. The van der Waals surface area contributed by atoms with Crippen LogP contribution in [0.2, 0.25) is 13.1 Å². The minimum atomic E-state index is -1.86. The van der Waals surface area contributed by atoms with Crippen LogP contribution in [-0.2, 0) is 0 Å². The number of benzene rings is 7. The topological polar surface area (TPSA) is 37.2 Å². The summed E-state index contributed by atoms with van der Waals surface area (Å²) in [5, 5.41) is 8.05. The van der Waals surface area contributed by atoms with Crippen molar-refractivity contribution in [2.75, 3.05) is 22.3 Å². The SMILES string of the molecule is C[Si]1(C)c2ccccc2N(c2ccc(-c3nc(-c4ccc(N5c6ccccc6S(C)(C)c6ccccc65)cc4)nn3-c3ccccc3)cc2)c2ccccc21. The largest absolute Gasteiger partial charge is 0.311 e. The first kappa shape index (κ1) is 33.4. The van der Waals surface area contributed by atoms with Crippen LogP contribution >= 0.6 is 10.0 Å². The third kappa shape index (κ3) is 5.29. The second kappa shape index (κ2) is 12.7. The van der Waals surface area contributed by atoms with Gasteiger partial charge in [0.25, 0.3) is 0 Å². The molecule has 0 bridgehead atoms. The van der Waals surface area contributed by atoms with Gasteiger partial charge in [0, 0.05) is 43.7 Å². The quantitative estimate of drug-likeness (QED) is 0.164. The molecule has 0 amide bonds. The predicted octanol–water partition coefficient (Wildman–Crippen LogP) is 11.5. The van der Waals surface area contributed by atoms with Gasteiger partial charge in [0.2, 0.25) is 0 Å². The molecule has 0 N–H and O–H groups in total. The minimum Gasteiger partial charge on any atom is -0.311 e. The van der Waals surface area contributed by atoms with Gasteiger partial charge in [-0.05, 0) is 120 Å². The van der Waals surface area contributed by atoms with Crippen molar-refractivity contribution in [3.05, 3.63) is 176 Å². The molecule has 0 saturated carbocycles. The van der Waals surface area contributed by atoms with Crippen molar-refractivity contribution in [1.29, 1.82) is 0 Å². The average Bonchev–Trinajstić information content (AvgIpc) is 3.68. The first-order valence-corrected chi connectivity index (χ1v) is 24.2. The number of para-hydroxylation sites is 5. The second-order valence-corrected chi connectivity index (χ2v) is 23.1. The van der Waals surface area contributed by atoms with Crippen LogP contribution in [0.5, 0.6) is 0 Å². The van der Waals surface area contributed by atoms with E-state index in [-0.39, 0.29) is 0 Å². The summed E-state index contributed by atoms with van der Waals surface area (Å²) in [5.74, 6) is 1.49. The van der Waals surface area contributed by atoms with Gasteiger partial charge in [0.1, 0.15) is 8.07 Å². The highest BCUT2D eigenvalue weighted by Crippen LogP contribution is 2.67. The Labute approximate surface area is 325 Å². The van der Waals surface area contributed by atoms with Crippen LogP contribution in [0.25, 0.3) is 28.5 Å². The molecule has 0 spiro atoms. The molecule has 7 aromatic carbocycles. The Hall–Kier alpha value is -6.15. The molecule has 7 heteroatoms. The van der Waals surface area contributed by atoms with Crippen LogP contribution in [-0.4, -0.2) is 35.3 Å². The summed E-state index contributed by atoms with van der Waals surface area (Å²) in [6, 6.07) is 63.4. The van der Waals surface area contributed by atoms with Crippen LogP contribution in [0.15, 0.2) is 186 Å². The van der Waals surface area contributed by atoms with Gasteiger partial charge < -0.3 is 9.80 Å². The van der Waals surface area contributed by atoms with Crippen molar-refractivity contribution in [2.24, 2.45) is 0 Å². The van der Waals surface area contributed by atoms with E-state index in [1.54, 1.807) is 0 Å². The van der Waals surface area contributed by atoms with Gasteiger partial charge in [-0.15, -0.1) is 5.10 Å². The summed E-state index contributed by atoms with van der Waals surface area (Å²) in [7, 11) is -3.01. The van der Waals surface area contributed by atoms with Crippen molar-refractivity contribution in [3.63, 3.8) is 0 Å². The maximum atomic E-state index is 5.23. The number of aromatic nitrogens is 3. The van der Waals surface area contributed by atoms with Crippen LogP contribution in [0.1, 0.15) is 0 Å². The number of rotatable bonds is 5. The van der Waals surface area contributed by atoms with Crippen LogP contribution in [0.3, 0.4) is 0 Å². The van der Waals surface area contributed by atoms with Gasteiger partial charge in [0.15, 0.2) is 11.6 Å². The number of anilines is 6. The lowest BCUT2D eigenvalue weighted by atomic mass is 10.1. The zero-order chi connectivity index (χ0) is 37.3. The summed E-state index contributed by atoms with van der Waals surface area (Å²) >= 11 is 0. The molecule has 2 aliphatic rings. The molecule has 5 nitrogen and oxygen atoms in total. The van der Waals surface area contributed by atoms with Gasteiger partial charge in [-0.3, -0.25) is 0 Å². The highest BCUT2D eigenvalue weighted by Gasteiger charge is 2.38. The highest BCUT2D eigenvalue weighted by molar-refractivity contribution is 8.33. The van der Waals surface area contributed by atoms with Crippen molar-refractivity contribution < 1.29 is 0 Å². The molecule has 0 unspecified atom stereocenters. The zero-order valence-corrected chi connectivity index (χ0v) is 33.2. The molecule has 55 heavy (non-hydrogen) atoms. The smallest absolute Gasteiger partial charge is 0.182 e. The first-order chi connectivity index (χ1) is 26.8. The van der Waals surface area contributed by atoms with E-state index in [4.69, 9.17) is 10.1 Å². The Balaban J connectivity index is 1.03. The van der Waals surface area contributed by atoms with E-state index in [0.717, 1.165) is 34.0 Å².